The summed E-state index contributed by atoms with van der Waals surface area (Å²) in [6.45, 7) is 0.134. The van der Waals surface area contributed by atoms with Gasteiger partial charge in [-0.1, -0.05) is 6.07 Å². The van der Waals surface area contributed by atoms with E-state index in [4.69, 9.17) is 9.15 Å². The summed E-state index contributed by atoms with van der Waals surface area (Å²) in [5.74, 6) is -0.608. The zero-order valence-corrected chi connectivity index (χ0v) is 16.8. The number of thiophene rings is 1. The predicted octanol–water partition coefficient (Wildman–Crippen LogP) is 4.85. The van der Waals surface area contributed by atoms with E-state index in [1.165, 1.54) is 24.6 Å². The van der Waals surface area contributed by atoms with E-state index in [2.05, 4.69) is 15.6 Å². The van der Waals surface area contributed by atoms with E-state index >= 15 is 0 Å². The second-order valence-electron chi connectivity index (χ2n) is 6.33. The number of hydrogen-bond donors (Lipinski definition) is 2. The number of benzene rings is 1. The highest BCUT2D eigenvalue weighted by Crippen LogP contribution is 2.25. The maximum atomic E-state index is 14.3. The Kier molecular flexibility index (Phi) is 6.04. The molecule has 0 aliphatic carbocycles. The summed E-state index contributed by atoms with van der Waals surface area (Å²) in [6.07, 6.45) is 4.49. The minimum Gasteiger partial charge on any atom is -0.459 e. The van der Waals surface area contributed by atoms with Crippen LogP contribution in [-0.2, 0) is 6.54 Å². The molecule has 4 aromatic rings. The first-order valence-corrected chi connectivity index (χ1v) is 9.99. The number of nitrogens with zero attached hydrogens (tertiary/aromatic N) is 1. The minimum absolute atomic E-state index is 0.0678. The third-order valence-electron chi connectivity index (χ3n) is 4.12. The van der Waals surface area contributed by atoms with Gasteiger partial charge < -0.3 is 19.8 Å². The molecular formula is C22H16FN3O4S. The van der Waals surface area contributed by atoms with Gasteiger partial charge in [0.25, 0.3) is 11.8 Å². The molecule has 0 atom stereocenters. The lowest BCUT2D eigenvalue weighted by Gasteiger charge is -2.08. The fourth-order valence-electron chi connectivity index (χ4n) is 2.65. The number of aromatic nitrogens is 1. The van der Waals surface area contributed by atoms with E-state index in [1.807, 2.05) is 0 Å². The Labute approximate surface area is 180 Å². The van der Waals surface area contributed by atoms with E-state index in [-0.39, 0.29) is 24.0 Å². The van der Waals surface area contributed by atoms with Crippen LogP contribution in [0.2, 0.25) is 0 Å². The molecule has 156 valence electrons. The van der Waals surface area contributed by atoms with Gasteiger partial charge in [-0.05, 0) is 54.1 Å². The van der Waals surface area contributed by atoms with Gasteiger partial charge in [0.1, 0.15) is 5.75 Å². The van der Waals surface area contributed by atoms with Crippen molar-refractivity contribution in [1.82, 2.24) is 10.3 Å². The molecule has 2 amide bonds. The number of carbonyl (C=O) groups excluding carboxylic acids is 2. The van der Waals surface area contributed by atoms with Gasteiger partial charge in [-0.15, -0.1) is 11.3 Å². The molecule has 7 nitrogen and oxygen atoms in total. The summed E-state index contributed by atoms with van der Waals surface area (Å²) in [5.41, 5.74) is 0.576. The first-order chi connectivity index (χ1) is 15.1. The Morgan fingerprint density at radius 1 is 1.10 bits per heavy atom. The molecule has 0 saturated heterocycles. The highest BCUT2D eigenvalue weighted by atomic mass is 32.1. The molecule has 31 heavy (non-hydrogen) atoms. The first kappa shape index (κ1) is 20.3. The average molecular weight is 437 g/mol. The largest absolute Gasteiger partial charge is 0.459 e. The Balaban J connectivity index is 1.33. The molecule has 2 N–H and O–H groups in total. The molecule has 1 aromatic carbocycles. The Hall–Kier alpha value is -3.98. The molecule has 0 spiro atoms. The molecule has 0 unspecified atom stereocenters. The van der Waals surface area contributed by atoms with Crippen LogP contribution < -0.4 is 15.4 Å². The number of rotatable bonds is 7. The van der Waals surface area contributed by atoms with Crippen LogP contribution in [0, 0.1) is 5.82 Å². The molecular weight excluding hydrogens is 421 g/mol. The summed E-state index contributed by atoms with van der Waals surface area (Å²) >= 11 is 1.12. The highest BCUT2D eigenvalue weighted by Gasteiger charge is 2.14. The first-order valence-electron chi connectivity index (χ1n) is 9.18. The lowest BCUT2D eigenvalue weighted by molar-refractivity contribution is 0.0953. The van der Waals surface area contributed by atoms with Crippen LogP contribution in [0.1, 0.15) is 25.8 Å². The number of ether oxygens (including phenoxy) is 1. The van der Waals surface area contributed by atoms with Crippen molar-refractivity contribution in [3.8, 4) is 11.5 Å². The fraction of sp³-hybridized carbons (Fsp3) is 0.0455. The van der Waals surface area contributed by atoms with Crippen LogP contribution >= 0.6 is 11.3 Å². The molecule has 0 bridgehead atoms. The Bertz CT molecular complexity index is 1190. The van der Waals surface area contributed by atoms with Crippen LogP contribution in [0.15, 0.2) is 77.7 Å². The van der Waals surface area contributed by atoms with E-state index in [9.17, 15) is 14.0 Å². The van der Waals surface area contributed by atoms with Gasteiger partial charge in [0.05, 0.1) is 22.3 Å². The number of nitrogens with one attached hydrogen (secondary N) is 2. The van der Waals surface area contributed by atoms with E-state index < -0.39 is 11.7 Å². The third-order valence-corrected chi connectivity index (χ3v) is 5.12. The van der Waals surface area contributed by atoms with Crippen LogP contribution in [0.3, 0.4) is 0 Å². The maximum Gasteiger partial charge on any atom is 0.291 e. The van der Waals surface area contributed by atoms with Crippen molar-refractivity contribution in [3.05, 3.63) is 95.3 Å². The number of furan rings is 1. The van der Waals surface area contributed by atoms with Crippen molar-refractivity contribution in [3.63, 3.8) is 0 Å². The minimum atomic E-state index is -0.547. The van der Waals surface area contributed by atoms with Gasteiger partial charge in [-0.25, -0.2) is 4.39 Å². The number of halogens is 1. The molecule has 0 aliphatic heterocycles. The van der Waals surface area contributed by atoms with Crippen molar-refractivity contribution >= 4 is 28.2 Å². The molecule has 3 aromatic heterocycles. The van der Waals surface area contributed by atoms with Crippen molar-refractivity contribution in [1.29, 1.82) is 0 Å². The van der Waals surface area contributed by atoms with Crippen LogP contribution in [0.5, 0.6) is 11.5 Å². The van der Waals surface area contributed by atoms with Crippen LogP contribution in [0.4, 0.5) is 9.39 Å². The van der Waals surface area contributed by atoms with Crippen molar-refractivity contribution < 1.29 is 23.1 Å². The molecule has 3 heterocycles. The SMILES string of the molecule is O=C(Nc1ccc(C(=O)NCc2ccc(Oc3cccnc3)c(F)c2)s1)c1ccco1. The van der Waals surface area contributed by atoms with Crippen molar-refractivity contribution in [2.75, 3.05) is 5.32 Å². The summed E-state index contributed by atoms with van der Waals surface area (Å²) in [5, 5.41) is 5.90. The molecule has 4 rings (SSSR count). The molecule has 0 radical (unpaired) electrons. The van der Waals surface area contributed by atoms with Crippen LogP contribution in [-0.4, -0.2) is 16.8 Å². The fourth-order valence-corrected chi connectivity index (χ4v) is 3.47. The van der Waals surface area contributed by atoms with E-state index in [0.29, 0.717) is 21.2 Å². The number of anilines is 1. The number of pyridine rings is 1. The summed E-state index contributed by atoms with van der Waals surface area (Å²) < 4.78 is 24.8. The predicted molar refractivity (Wildman–Crippen MR) is 113 cm³/mol. The van der Waals surface area contributed by atoms with Gasteiger partial charge >= 0.3 is 0 Å². The summed E-state index contributed by atoms with van der Waals surface area (Å²) in [7, 11) is 0. The zero-order chi connectivity index (χ0) is 21.6. The molecule has 9 heteroatoms. The summed E-state index contributed by atoms with van der Waals surface area (Å²) in [4.78, 5) is 28.7. The smallest absolute Gasteiger partial charge is 0.291 e. The molecule has 0 fully saturated rings. The Morgan fingerprint density at radius 2 is 2.00 bits per heavy atom. The number of hydrogen-bond acceptors (Lipinski definition) is 6. The lowest BCUT2D eigenvalue weighted by atomic mass is 10.2. The highest BCUT2D eigenvalue weighted by molar-refractivity contribution is 7.18. The standard InChI is InChI=1S/C22H16FN3O4S/c23-16-11-14(5-6-17(16)30-15-3-1-9-24-13-15)12-25-22(28)19-7-8-20(31-19)26-21(27)18-4-2-10-29-18/h1-11,13H,12H2,(H,25,28)(H,26,27). The monoisotopic (exact) mass is 437 g/mol. The average Bonchev–Trinajstić information content (AvgIpc) is 3.47. The topological polar surface area (TPSA) is 93.5 Å². The zero-order valence-electron chi connectivity index (χ0n) is 16.0. The van der Waals surface area contributed by atoms with Gasteiger partial charge in [0.15, 0.2) is 17.3 Å². The van der Waals surface area contributed by atoms with Crippen molar-refractivity contribution in [2.24, 2.45) is 0 Å². The molecule has 0 aliphatic rings. The second-order valence-corrected chi connectivity index (χ2v) is 7.42. The van der Waals surface area contributed by atoms with Gasteiger partial charge in [-0.2, -0.15) is 0 Å². The lowest BCUT2D eigenvalue weighted by Crippen LogP contribution is -2.21. The second kappa shape index (κ2) is 9.23. The van der Waals surface area contributed by atoms with Gasteiger partial charge in [-0.3, -0.25) is 14.6 Å². The molecule has 0 saturated carbocycles. The maximum absolute atomic E-state index is 14.3. The van der Waals surface area contributed by atoms with Crippen molar-refractivity contribution in [2.45, 2.75) is 6.54 Å². The normalized spacial score (nSPS) is 10.5. The van der Waals surface area contributed by atoms with E-state index in [1.54, 1.807) is 48.7 Å². The summed E-state index contributed by atoms with van der Waals surface area (Å²) in [6, 6.07) is 14.2. The quantitative estimate of drug-likeness (QED) is 0.431. The van der Waals surface area contributed by atoms with E-state index in [0.717, 1.165) is 11.3 Å². The van der Waals surface area contributed by atoms with Crippen LogP contribution in [0.25, 0.3) is 0 Å². The van der Waals surface area contributed by atoms with Gasteiger partial charge in [0, 0.05) is 12.7 Å². The van der Waals surface area contributed by atoms with Gasteiger partial charge in [0.2, 0.25) is 0 Å². The third kappa shape index (κ3) is 5.14. The number of amides is 2. The number of carbonyl (C=O) groups is 2. The Morgan fingerprint density at radius 3 is 2.74 bits per heavy atom.